The van der Waals surface area contributed by atoms with Crippen molar-refractivity contribution in [2.45, 2.75) is 38.1 Å². The minimum Gasteiger partial charge on any atom is -0.454 e. The Balaban J connectivity index is 1.63. The zero-order valence-corrected chi connectivity index (χ0v) is 10.7. The van der Waals surface area contributed by atoms with Crippen molar-refractivity contribution < 1.29 is 23.7 Å². The lowest BCUT2D eigenvalue weighted by molar-refractivity contribution is -0.176. The van der Waals surface area contributed by atoms with Gasteiger partial charge in [0.25, 0.3) is 0 Å². The molecule has 2 fully saturated rings. The molecule has 2 aliphatic rings. The molecule has 2 aliphatic heterocycles. The fourth-order valence-electron chi connectivity index (χ4n) is 2.43. The zero-order valence-electron chi connectivity index (χ0n) is 10.7. The second-order valence-electron chi connectivity index (χ2n) is 4.71. The third-order valence-electron chi connectivity index (χ3n) is 3.28. The third-order valence-corrected chi connectivity index (χ3v) is 3.28. The molecule has 0 aliphatic carbocycles. The first kappa shape index (κ1) is 12.6. The lowest BCUT2D eigenvalue weighted by atomic mass is 10.1. The molecule has 0 N–H and O–H groups in total. The summed E-state index contributed by atoms with van der Waals surface area (Å²) in [4.78, 5) is 11.1. The first-order chi connectivity index (χ1) is 9.24. The number of hydrogen-bond acceptors (Lipinski definition) is 5. The minimum atomic E-state index is -0.491. The van der Waals surface area contributed by atoms with Crippen LogP contribution < -0.4 is 0 Å². The molecule has 0 amide bonds. The summed E-state index contributed by atoms with van der Waals surface area (Å²) in [6.45, 7) is 2.33. The average Bonchev–Trinajstić information content (AvgIpc) is 2.99. The molecule has 0 radical (unpaired) electrons. The van der Waals surface area contributed by atoms with E-state index in [2.05, 4.69) is 0 Å². The van der Waals surface area contributed by atoms with Crippen molar-refractivity contribution in [3.05, 3.63) is 35.9 Å². The normalized spacial score (nSPS) is 32.5. The number of carbonyl (C=O) groups is 1. The maximum atomic E-state index is 11.1. The van der Waals surface area contributed by atoms with Gasteiger partial charge in [0.15, 0.2) is 12.4 Å². The summed E-state index contributed by atoms with van der Waals surface area (Å²) in [6, 6.07) is 9.86. The van der Waals surface area contributed by atoms with E-state index in [9.17, 15) is 4.79 Å². The largest absolute Gasteiger partial charge is 0.454 e. The molecule has 0 aromatic heterocycles. The van der Waals surface area contributed by atoms with Crippen molar-refractivity contribution >= 4 is 5.97 Å². The average molecular weight is 264 g/mol. The predicted octanol–water partition coefficient (Wildman–Crippen LogP) is 1.26. The Morgan fingerprint density at radius 2 is 2.11 bits per heavy atom. The Bertz CT molecular complexity index is 446. The highest BCUT2D eigenvalue weighted by molar-refractivity contribution is 5.66. The van der Waals surface area contributed by atoms with Crippen molar-refractivity contribution in [1.29, 1.82) is 0 Å². The first-order valence-electron chi connectivity index (χ1n) is 6.34. The molecular formula is C14H16O5. The van der Waals surface area contributed by atoms with Crippen LogP contribution >= 0.6 is 0 Å². The van der Waals surface area contributed by atoms with Crippen LogP contribution in [0.4, 0.5) is 0 Å². The van der Waals surface area contributed by atoms with E-state index >= 15 is 0 Å². The number of ether oxygens (including phenoxy) is 4. The molecule has 0 spiro atoms. The Kier molecular flexibility index (Phi) is 3.50. The number of fused-ring (bicyclic) bond motifs is 2. The van der Waals surface area contributed by atoms with Gasteiger partial charge in [-0.3, -0.25) is 4.79 Å². The minimum absolute atomic E-state index is 0.155. The van der Waals surface area contributed by atoms with E-state index in [0.717, 1.165) is 5.56 Å². The lowest BCUT2D eigenvalue weighted by Crippen LogP contribution is -2.44. The molecule has 102 valence electrons. The van der Waals surface area contributed by atoms with Crippen LogP contribution in [0.25, 0.3) is 0 Å². The second kappa shape index (κ2) is 5.28. The van der Waals surface area contributed by atoms with Crippen molar-refractivity contribution in [2.24, 2.45) is 0 Å². The van der Waals surface area contributed by atoms with Gasteiger partial charge >= 0.3 is 5.97 Å². The molecule has 2 heterocycles. The SMILES string of the molecule is CC(=O)O[C@H]1[C@H]2OC[C@H](O2)[C@@H]1OCc1ccccc1. The number of carbonyl (C=O) groups excluding carboxylic acids is 1. The van der Waals surface area contributed by atoms with Gasteiger partial charge in [0.2, 0.25) is 0 Å². The van der Waals surface area contributed by atoms with Crippen molar-refractivity contribution in [3.8, 4) is 0 Å². The maximum absolute atomic E-state index is 11.1. The molecular weight excluding hydrogens is 248 g/mol. The number of benzene rings is 1. The standard InChI is InChI=1S/C14H16O5/c1-9(15)18-13-12(11-8-17-14(13)19-11)16-7-10-5-3-2-4-6-10/h2-6,11-14H,7-8H2,1H3/t11-,12-,13+,14-/m0/s1. The molecule has 0 unspecified atom stereocenters. The summed E-state index contributed by atoms with van der Waals surface area (Å²) in [5, 5.41) is 0. The number of esters is 1. The van der Waals surface area contributed by atoms with E-state index in [-0.39, 0.29) is 18.2 Å². The van der Waals surface area contributed by atoms with E-state index in [0.29, 0.717) is 13.2 Å². The Morgan fingerprint density at radius 1 is 1.32 bits per heavy atom. The van der Waals surface area contributed by atoms with Gasteiger partial charge in [-0.1, -0.05) is 30.3 Å². The fourth-order valence-corrected chi connectivity index (χ4v) is 2.43. The van der Waals surface area contributed by atoms with Gasteiger partial charge in [0.1, 0.15) is 12.2 Å². The van der Waals surface area contributed by atoms with Crippen LogP contribution in [0.3, 0.4) is 0 Å². The van der Waals surface area contributed by atoms with Gasteiger partial charge in [-0.25, -0.2) is 0 Å². The molecule has 3 rings (SSSR count). The van der Waals surface area contributed by atoms with E-state index in [1.165, 1.54) is 6.92 Å². The summed E-state index contributed by atoms with van der Waals surface area (Å²) in [5.74, 6) is -0.349. The summed E-state index contributed by atoms with van der Waals surface area (Å²) >= 11 is 0. The van der Waals surface area contributed by atoms with E-state index in [1.54, 1.807) is 0 Å². The van der Waals surface area contributed by atoms with Gasteiger partial charge in [0.05, 0.1) is 13.2 Å². The monoisotopic (exact) mass is 264 g/mol. The summed E-state index contributed by atoms with van der Waals surface area (Å²) < 4.78 is 22.0. The molecule has 1 aromatic carbocycles. The highest BCUT2D eigenvalue weighted by Crippen LogP contribution is 2.33. The highest BCUT2D eigenvalue weighted by atomic mass is 16.8. The van der Waals surface area contributed by atoms with Gasteiger partial charge < -0.3 is 18.9 Å². The van der Waals surface area contributed by atoms with Crippen molar-refractivity contribution in [2.75, 3.05) is 6.61 Å². The van der Waals surface area contributed by atoms with Crippen LogP contribution in [-0.2, 0) is 30.3 Å². The Morgan fingerprint density at radius 3 is 2.84 bits per heavy atom. The zero-order chi connectivity index (χ0) is 13.2. The van der Waals surface area contributed by atoms with Crippen LogP contribution in [0.5, 0.6) is 0 Å². The van der Waals surface area contributed by atoms with Crippen LogP contribution in [0.1, 0.15) is 12.5 Å². The van der Waals surface area contributed by atoms with E-state index < -0.39 is 12.4 Å². The molecule has 5 heteroatoms. The first-order valence-corrected chi connectivity index (χ1v) is 6.34. The van der Waals surface area contributed by atoms with Crippen molar-refractivity contribution in [3.63, 3.8) is 0 Å². The van der Waals surface area contributed by atoms with Gasteiger partial charge in [-0.15, -0.1) is 0 Å². The smallest absolute Gasteiger partial charge is 0.303 e. The molecule has 5 nitrogen and oxygen atoms in total. The Hall–Kier alpha value is -1.43. The third kappa shape index (κ3) is 2.63. The van der Waals surface area contributed by atoms with Gasteiger partial charge in [-0.2, -0.15) is 0 Å². The molecule has 0 saturated carbocycles. The van der Waals surface area contributed by atoms with E-state index in [4.69, 9.17) is 18.9 Å². The molecule has 2 saturated heterocycles. The topological polar surface area (TPSA) is 54.0 Å². The number of rotatable bonds is 4. The van der Waals surface area contributed by atoms with Crippen LogP contribution in [0.2, 0.25) is 0 Å². The molecule has 19 heavy (non-hydrogen) atoms. The summed E-state index contributed by atoms with van der Waals surface area (Å²) in [5.41, 5.74) is 1.08. The quantitative estimate of drug-likeness (QED) is 0.766. The van der Waals surface area contributed by atoms with Crippen LogP contribution in [0, 0.1) is 0 Å². The predicted molar refractivity (Wildman–Crippen MR) is 65.2 cm³/mol. The highest BCUT2D eigenvalue weighted by Gasteiger charge is 2.53. The van der Waals surface area contributed by atoms with Crippen molar-refractivity contribution in [1.82, 2.24) is 0 Å². The maximum Gasteiger partial charge on any atom is 0.303 e. The van der Waals surface area contributed by atoms with Crippen LogP contribution in [0.15, 0.2) is 30.3 Å². The number of hydrogen-bond donors (Lipinski definition) is 0. The molecule has 4 atom stereocenters. The van der Waals surface area contributed by atoms with Gasteiger partial charge in [-0.05, 0) is 5.56 Å². The van der Waals surface area contributed by atoms with Gasteiger partial charge in [0, 0.05) is 6.92 Å². The van der Waals surface area contributed by atoms with Crippen LogP contribution in [-0.4, -0.2) is 37.2 Å². The fraction of sp³-hybridized carbons (Fsp3) is 0.500. The summed E-state index contributed by atoms with van der Waals surface area (Å²) in [6.07, 6.45) is -1.38. The second-order valence-corrected chi connectivity index (χ2v) is 4.71. The lowest BCUT2D eigenvalue weighted by Gasteiger charge is -2.27. The Labute approximate surface area is 111 Å². The molecule has 1 aromatic rings. The summed E-state index contributed by atoms with van der Waals surface area (Å²) in [7, 11) is 0. The van der Waals surface area contributed by atoms with E-state index in [1.807, 2.05) is 30.3 Å². The molecule has 2 bridgehead atoms.